The molecule has 0 saturated heterocycles. The molecule has 0 spiro atoms. The molecule has 8 nitrogen and oxygen atoms in total. The summed E-state index contributed by atoms with van der Waals surface area (Å²) in [6.07, 6.45) is 9.23. The SMILES string of the molecule is COC(=CCn1ncc(C(=O)NC2C3CC4CC(C3)CC2C4)c1OCC(C)C)C(=O)O. The maximum Gasteiger partial charge on any atom is 0.370 e. The van der Waals surface area contributed by atoms with Crippen LogP contribution in [0.1, 0.15) is 56.3 Å². The topological polar surface area (TPSA) is 103 Å². The summed E-state index contributed by atoms with van der Waals surface area (Å²) >= 11 is 0. The fourth-order valence-corrected chi connectivity index (χ4v) is 5.88. The van der Waals surface area contributed by atoms with E-state index in [2.05, 4.69) is 10.4 Å². The summed E-state index contributed by atoms with van der Waals surface area (Å²) in [7, 11) is 1.31. The van der Waals surface area contributed by atoms with Gasteiger partial charge in [-0.3, -0.25) is 4.79 Å². The van der Waals surface area contributed by atoms with Crippen molar-refractivity contribution in [1.29, 1.82) is 0 Å². The van der Waals surface area contributed by atoms with Crippen LogP contribution in [0.3, 0.4) is 0 Å². The van der Waals surface area contributed by atoms with Gasteiger partial charge < -0.3 is 19.9 Å². The average Bonchev–Trinajstić information content (AvgIpc) is 3.11. The summed E-state index contributed by atoms with van der Waals surface area (Å²) in [5.41, 5.74) is 0.400. The lowest BCUT2D eigenvalue weighted by Crippen LogP contribution is -2.55. The first-order valence-corrected chi connectivity index (χ1v) is 11.3. The minimum absolute atomic E-state index is 0.133. The van der Waals surface area contributed by atoms with Crippen molar-refractivity contribution >= 4 is 11.9 Å². The Balaban J connectivity index is 1.52. The minimum atomic E-state index is -1.15. The summed E-state index contributed by atoms with van der Waals surface area (Å²) in [5, 5.41) is 16.8. The van der Waals surface area contributed by atoms with E-state index in [9.17, 15) is 9.59 Å². The monoisotopic (exact) mass is 431 g/mol. The van der Waals surface area contributed by atoms with Crippen LogP contribution in [0.4, 0.5) is 0 Å². The molecule has 31 heavy (non-hydrogen) atoms. The van der Waals surface area contributed by atoms with Crippen LogP contribution in [-0.2, 0) is 16.1 Å². The van der Waals surface area contributed by atoms with E-state index in [1.54, 1.807) is 0 Å². The average molecular weight is 432 g/mol. The van der Waals surface area contributed by atoms with Gasteiger partial charge in [0.15, 0.2) is 0 Å². The van der Waals surface area contributed by atoms with Crippen LogP contribution in [0.25, 0.3) is 0 Å². The molecule has 4 aliphatic rings. The minimum Gasteiger partial charge on any atom is -0.490 e. The number of carbonyl (C=O) groups excluding carboxylic acids is 1. The van der Waals surface area contributed by atoms with Gasteiger partial charge >= 0.3 is 5.97 Å². The molecular formula is C23H33N3O5. The van der Waals surface area contributed by atoms with Crippen molar-refractivity contribution in [2.75, 3.05) is 13.7 Å². The molecule has 0 aromatic carbocycles. The molecule has 170 valence electrons. The second-order valence-electron chi connectivity index (χ2n) is 9.76. The Labute approximate surface area is 183 Å². The molecule has 4 bridgehead atoms. The van der Waals surface area contributed by atoms with Crippen LogP contribution in [0.5, 0.6) is 5.88 Å². The van der Waals surface area contributed by atoms with Gasteiger partial charge in [0.2, 0.25) is 11.6 Å². The lowest BCUT2D eigenvalue weighted by molar-refractivity contribution is -0.136. The van der Waals surface area contributed by atoms with Gasteiger partial charge in [-0.05, 0) is 67.8 Å². The van der Waals surface area contributed by atoms with E-state index in [0.717, 1.165) is 11.8 Å². The number of hydrogen-bond donors (Lipinski definition) is 2. The van der Waals surface area contributed by atoms with Crippen molar-refractivity contribution < 1.29 is 24.2 Å². The van der Waals surface area contributed by atoms with Gasteiger partial charge in [-0.25, -0.2) is 9.48 Å². The molecule has 8 heteroatoms. The molecule has 0 radical (unpaired) electrons. The zero-order valence-corrected chi connectivity index (χ0v) is 18.5. The molecule has 4 saturated carbocycles. The highest BCUT2D eigenvalue weighted by Gasteiger charge is 2.48. The van der Waals surface area contributed by atoms with Crippen LogP contribution < -0.4 is 10.1 Å². The van der Waals surface area contributed by atoms with E-state index in [0.29, 0.717) is 29.9 Å². The zero-order valence-electron chi connectivity index (χ0n) is 18.5. The largest absolute Gasteiger partial charge is 0.490 e. The summed E-state index contributed by atoms with van der Waals surface area (Å²) < 4.78 is 12.3. The van der Waals surface area contributed by atoms with Crippen LogP contribution >= 0.6 is 0 Å². The molecule has 4 fully saturated rings. The predicted octanol–water partition coefficient (Wildman–Crippen LogP) is 3.09. The maximum atomic E-state index is 13.2. The summed E-state index contributed by atoms with van der Waals surface area (Å²) in [5.74, 6) is 2.01. The Bertz CT molecular complexity index is 831. The number of nitrogens with one attached hydrogen (secondary N) is 1. The van der Waals surface area contributed by atoms with Crippen molar-refractivity contribution in [3.8, 4) is 5.88 Å². The number of carbonyl (C=O) groups is 2. The van der Waals surface area contributed by atoms with Gasteiger partial charge in [0.1, 0.15) is 5.56 Å². The number of carboxylic acids is 1. The van der Waals surface area contributed by atoms with Crippen molar-refractivity contribution in [1.82, 2.24) is 15.1 Å². The van der Waals surface area contributed by atoms with Gasteiger partial charge in [-0.1, -0.05) is 13.8 Å². The van der Waals surface area contributed by atoms with E-state index >= 15 is 0 Å². The Morgan fingerprint density at radius 3 is 2.42 bits per heavy atom. The standard InChI is InChI=1S/C23H33N3O5/c1-13(2)12-31-22-18(11-24-26(22)5-4-19(30-3)23(28)29)21(27)25-20-16-7-14-6-15(9-16)10-17(20)8-14/h4,11,13-17,20H,5-10,12H2,1-3H3,(H,25,27)(H,28,29). The number of ether oxygens (including phenoxy) is 2. The fraction of sp³-hybridized carbons (Fsp3) is 0.696. The molecule has 4 aliphatic carbocycles. The fourth-order valence-electron chi connectivity index (χ4n) is 5.88. The molecule has 5 rings (SSSR count). The Morgan fingerprint density at radius 1 is 1.23 bits per heavy atom. The second-order valence-corrected chi connectivity index (χ2v) is 9.76. The third-order valence-corrected chi connectivity index (χ3v) is 6.99. The van der Waals surface area contributed by atoms with E-state index in [1.807, 2.05) is 13.8 Å². The van der Waals surface area contributed by atoms with Crippen molar-refractivity contribution in [2.45, 2.75) is 58.5 Å². The smallest absolute Gasteiger partial charge is 0.370 e. The zero-order chi connectivity index (χ0) is 22.1. The Kier molecular flexibility index (Phi) is 6.25. The van der Waals surface area contributed by atoms with Gasteiger partial charge in [0, 0.05) is 6.04 Å². The van der Waals surface area contributed by atoms with Gasteiger partial charge in [0.05, 0.1) is 26.5 Å². The molecule has 1 aromatic heterocycles. The van der Waals surface area contributed by atoms with E-state index in [1.165, 1.54) is 56.2 Å². The summed E-state index contributed by atoms with van der Waals surface area (Å²) in [6, 6.07) is 0.230. The summed E-state index contributed by atoms with van der Waals surface area (Å²) in [6.45, 7) is 4.63. The number of nitrogens with zero attached hydrogens (tertiary/aromatic N) is 2. The quantitative estimate of drug-likeness (QED) is 0.460. The molecule has 0 atom stereocenters. The van der Waals surface area contributed by atoms with E-state index in [4.69, 9.17) is 14.6 Å². The number of amides is 1. The van der Waals surface area contributed by atoms with E-state index < -0.39 is 5.97 Å². The highest BCUT2D eigenvalue weighted by atomic mass is 16.5. The molecule has 2 N–H and O–H groups in total. The number of hydrogen-bond acceptors (Lipinski definition) is 5. The third-order valence-electron chi connectivity index (χ3n) is 6.99. The molecule has 1 aromatic rings. The molecule has 1 heterocycles. The highest BCUT2D eigenvalue weighted by molar-refractivity contribution is 5.96. The van der Waals surface area contributed by atoms with Crippen LogP contribution in [0.2, 0.25) is 0 Å². The lowest BCUT2D eigenvalue weighted by atomic mass is 9.54. The van der Waals surface area contributed by atoms with Crippen LogP contribution in [0.15, 0.2) is 18.0 Å². The first-order chi connectivity index (χ1) is 14.9. The number of methoxy groups -OCH3 is 1. The molecule has 0 unspecified atom stereocenters. The Morgan fingerprint density at radius 2 is 1.87 bits per heavy atom. The van der Waals surface area contributed by atoms with Crippen molar-refractivity contribution in [3.63, 3.8) is 0 Å². The molecule has 0 aliphatic heterocycles. The van der Waals surface area contributed by atoms with Crippen molar-refractivity contribution in [2.24, 2.45) is 29.6 Å². The number of aromatic nitrogens is 2. The van der Waals surface area contributed by atoms with E-state index in [-0.39, 0.29) is 30.2 Å². The lowest BCUT2D eigenvalue weighted by Gasteiger charge is -2.54. The maximum absolute atomic E-state index is 13.2. The normalized spacial score (nSPS) is 29.3. The first kappa shape index (κ1) is 21.7. The van der Waals surface area contributed by atoms with Gasteiger partial charge in [0.25, 0.3) is 5.91 Å². The van der Waals surface area contributed by atoms with Crippen LogP contribution in [-0.4, -0.2) is 46.5 Å². The van der Waals surface area contributed by atoms with Gasteiger partial charge in [-0.2, -0.15) is 5.10 Å². The van der Waals surface area contributed by atoms with Crippen LogP contribution in [0, 0.1) is 29.6 Å². The molecular weight excluding hydrogens is 398 g/mol. The predicted molar refractivity (Wildman–Crippen MR) is 114 cm³/mol. The number of carboxylic acid groups (broad SMARTS) is 1. The van der Waals surface area contributed by atoms with Gasteiger partial charge in [-0.15, -0.1) is 0 Å². The highest BCUT2D eigenvalue weighted by Crippen LogP contribution is 2.53. The Hall–Kier alpha value is -2.51. The summed E-state index contributed by atoms with van der Waals surface area (Å²) in [4.78, 5) is 24.4. The third kappa shape index (κ3) is 4.57. The first-order valence-electron chi connectivity index (χ1n) is 11.3. The number of allylic oxidation sites excluding steroid dienone is 1. The number of rotatable bonds is 9. The second kappa shape index (κ2) is 8.93. The molecule has 1 amide bonds. The van der Waals surface area contributed by atoms with Crippen molar-refractivity contribution in [3.05, 3.63) is 23.6 Å². The number of aliphatic carboxylic acids is 1.